The van der Waals surface area contributed by atoms with Crippen molar-refractivity contribution >= 4 is 28.8 Å². The zero-order valence-corrected chi connectivity index (χ0v) is 11.2. The van der Waals surface area contributed by atoms with E-state index in [0.29, 0.717) is 21.4 Å². The highest BCUT2D eigenvalue weighted by Gasteiger charge is 2.08. The molecule has 0 aliphatic heterocycles. The molecule has 0 N–H and O–H groups in total. The van der Waals surface area contributed by atoms with Crippen LogP contribution in [-0.4, -0.2) is 9.38 Å². The molecule has 2 heterocycles. The first-order valence-electron chi connectivity index (χ1n) is 5.59. The maximum atomic E-state index is 12.1. The molecule has 0 fully saturated rings. The van der Waals surface area contributed by atoms with E-state index in [1.807, 2.05) is 30.3 Å². The molecule has 5 heteroatoms. The fraction of sp³-hybridized carbons (Fsp3) is 0. The number of hydrogen-bond acceptors (Lipinski definition) is 2. The van der Waals surface area contributed by atoms with Crippen LogP contribution in [0.3, 0.4) is 0 Å². The quantitative estimate of drug-likeness (QED) is 0.685. The van der Waals surface area contributed by atoms with Crippen LogP contribution in [0.4, 0.5) is 0 Å². The van der Waals surface area contributed by atoms with Gasteiger partial charge in [0.1, 0.15) is 0 Å². The molecule has 94 valence electrons. The summed E-state index contributed by atoms with van der Waals surface area (Å²) in [7, 11) is 0. The van der Waals surface area contributed by atoms with Crippen molar-refractivity contribution in [3.05, 3.63) is 69.1 Å². The van der Waals surface area contributed by atoms with E-state index in [9.17, 15) is 4.79 Å². The molecule has 3 rings (SSSR count). The Kier molecular flexibility index (Phi) is 3.01. The van der Waals surface area contributed by atoms with Crippen molar-refractivity contribution in [2.24, 2.45) is 0 Å². The Morgan fingerprint density at radius 3 is 2.53 bits per heavy atom. The fourth-order valence-corrected chi connectivity index (χ4v) is 2.40. The Balaban J connectivity index is 2.34. The molecule has 0 radical (unpaired) electrons. The van der Waals surface area contributed by atoms with Gasteiger partial charge in [0.05, 0.1) is 15.7 Å². The monoisotopic (exact) mass is 290 g/mol. The highest BCUT2D eigenvalue weighted by atomic mass is 35.5. The maximum absolute atomic E-state index is 12.1. The molecule has 0 aliphatic rings. The van der Waals surface area contributed by atoms with Gasteiger partial charge in [0.15, 0.2) is 5.65 Å². The number of benzene rings is 1. The normalized spacial score (nSPS) is 10.8. The molecule has 0 bridgehead atoms. The molecule has 2 aromatic heterocycles. The van der Waals surface area contributed by atoms with Crippen molar-refractivity contribution in [1.82, 2.24) is 9.38 Å². The molecule has 3 aromatic rings. The van der Waals surface area contributed by atoms with Crippen LogP contribution in [0.1, 0.15) is 0 Å². The Bertz CT molecular complexity index is 813. The van der Waals surface area contributed by atoms with Crippen molar-refractivity contribution in [3.8, 4) is 11.3 Å². The maximum Gasteiger partial charge on any atom is 0.258 e. The van der Waals surface area contributed by atoms with Gasteiger partial charge in [-0.05, 0) is 6.07 Å². The molecule has 1 aromatic carbocycles. The van der Waals surface area contributed by atoms with E-state index < -0.39 is 0 Å². The number of pyridine rings is 1. The number of aromatic nitrogens is 2. The summed E-state index contributed by atoms with van der Waals surface area (Å²) < 4.78 is 1.34. The van der Waals surface area contributed by atoms with Gasteiger partial charge in [0.2, 0.25) is 0 Å². The summed E-state index contributed by atoms with van der Waals surface area (Å²) in [6.45, 7) is 0. The molecule has 19 heavy (non-hydrogen) atoms. The highest BCUT2D eigenvalue weighted by Crippen LogP contribution is 2.22. The molecule has 0 saturated carbocycles. The van der Waals surface area contributed by atoms with Gasteiger partial charge < -0.3 is 0 Å². The molecule has 0 aliphatic carbocycles. The highest BCUT2D eigenvalue weighted by molar-refractivity contribution is 6.36. The van der Waals surface area contributed by atoms with Crippen LogP contribution in [0.25, 0.3) is 16.9 Å². The van der Waals surface area contributed by atoms with Crippen LogP contribution < -0.4 is 5.56 Å². The van der Waals surface area contributed by atoms with Crippen LogP contribution in [0.2, 0.25) is 10.0 Å². The minimum absolute atomic E-state index is 0.215. The third-order valence-corrected chi connectivity index (χ3v) is 3.24. The van der Waals surface area contributed by atoms with E-state index in [2.05, 4.69) is 4.98 Å². The average Bonchev–Trinajstić information content (AvgIpc) is 2.41. The van der Waals surface area contributed by atoms with Crippen LogP contribution in [0.5, 0.6) is 0 Å². The predicted molar refractivity (Wildman–Crippen MR) is 76.9 cm³/mol. The zero-order chi connectivity index (χ0) is 13.4. The Labute approximate surface area is 119 Å². The van der Waals surface area contributed by atoms with Crippen molar-refractivity contribution in [2.45, 2.75) is 0 Å². The molecule has 0 saturated heterocycles. The summed E-state index contributed by atoms with van der Waals surface area (Å²) >= 11 is 12.0. The van der Waals surface area contributed by atoms with E-state index >= 15 is 0 Å². The number of nitrogens with zero attached hydrogens (tertiary/aromatic N) is 2. The van der Waals surface area contributed by atoms with Crippen LogP contribution in [-0.2, 0) is 0 Å². The van der Waals surface area contributed by atoms with E-state index in [4.69, 9.17) is 23.2 Å². The Hall–Kier alpha value is -1.84. The van der Waals surface area contributed by atoms with Crippen LogP contribution in [0.15, 0.2) is 53.5 Å². The first-order chi connectivity index (χ1) is 9.15. The number of hydrogen-bond donors (Lipinski definition) is 0. The van der Waals surface area contributed by atoms with Crippen molar-refractivity contribution in [1.29, 1.82) is 0 Å². The van der Waals surface area contributed by atoms with Crippen LogP contribution in [0, 0.1) is 0 Å². The second kappa shape index (κ2) is 4.68. The number of rotatable bonds is 1. The predicted octanol–water partition coefficient (Wildman–Crippen LogP) is 3.67. The lowest BCUT2D eigenvalue weighted by molar-refractivity contribution is 1.05. The van der Waals surface area contributed by atoms with Gasteiger partial charge in [0.25, 0.3) is 5.56 Å². The summed E-state index contributed by atoms with van der Waals surface area (Å²) in [6, 6.07) is 12.5. The molecule has 0 amide bonds. The number of halogens is 2. The van der Waals surface area contributed by atoms with Crippen LogP contribution >= 0.6 is 23.2 Å². The minimum atomic E-state index is -0.215. The van der Waals surface area contributed by atoms with Gasteiger partial charge in [-0.25, -0.2) is 4.98 Å². The van der Waals surface area contributed by atoms with E-state index in [-0.39, 0.29) is 5.56 Å². The molecular formula is C14H8Cl2N2O. The van der Waals surface area contributed by atoms with E-state index in [0.717, 1.165) is 5.56 Å². The Morgan fingerprint density at radius 2 is 1.79 bits per heavy atom. The lowest BCUT2D eigenvalue weighted by Crippen LogP contribution is -2.14. The SMILES string of the molecule is O=c1cc(-c2ccccc2)nc2c(Cl)cc(Cl)cn12. The lowest BCUT2D eigenvalue weighted by Gasteiger charge is -2.06. The summed E-state index contributed by atoms with van der Waals surface area (Å²) in [5, 5.41) is 0.747. The number of fused-ring (bicyclic) bond motifs is 1. The second-order valence-electron chi connectivity index (χ2n) is 4.05. The zero-order valence-electron chi connectivity index (χ0n) is 9.68. The summed E-state index contributed by atoms with van der Waals surface area (Å²) in [5.74, 6) is 0. The molecule has 3 nitrogen and oxygen atoms in total. The smallest absolute Gasteiger partial charge is 0.258 e. The molecule has 0 atom stereocenters. The fourth-order valence-electron chi connectivity index (χ4n) is 1.89. The standard InChI is InChI=1S/C14H8Cl2N2O/c15-10-6-11(16)14-17-12(7-13(19)18(14)8-10)9-4-2-1-3-5-9/h1-8H. The van der Waals surface area contributed by atoms with Crippen molar-refractivity contribution in [2.75, 3.05) is 0 Å². The topological polar surface area (TPSA) is 34.4 Å². The summed E-state index contributed by atoms with van der Waals surface area (Å²) in [5.41, 5.74) is 1.65. The Morgan fingerprint density at radius 1 is 1.05 bits per heavy atom. The summed E-state index contributed by atoms with van der Waals surface area (Å²) in [6.07, 6.45) is 1.51. The van der Waals surface area contributed by atoms with Gasteiger partial charge in [-0.15, -0.1) is 0 Å². The first-order valence-corrected chi connectivity index (χ1v) is 6.34. The van der Waals surface area contributed by atoms with Gasteiger partial charge in [-0.3, -0.25) is 9.20 Å². The van der Waals surface area contributed by atoms with Gasteiger partial charge >= 0.3 is 0 Å². The molecule has 0 unspecified atom stereocenters. The van der Waals surface area contributed by atoms with Gasteiger partial charge in [-0.2, -0.15) is 0 Å². The second-order valence-corrected chi connectivity index (χ2v) is 4.89. The molecule has 0 spiro atoms. The van der Waals surface area contributed by atoms with Gasteiger partial charge in [0, 0.05) is 17.8 Å². The minimum Gasteiger partial charge on any atom is -0.269 e. The van der Waals surface area contributed by atoms with Gasteiger partial charge in [-0.1, -0.05) is 53.5 Å². The third kappa shape index (κ3) is 2.23. The molecular weight excluding hydrogens is 283 g/mol. The third-order valence-electron chi connectivity index (χ3n) is 2.75. The first kappa shape index (κ1) is 12.2. The largest absolute Gasteiger partial charge is 0.269 e. The average molecular weight is 291 g/mol. The summed E-state index contributed by atoms with van der Waals surface area (Å²) in [4.78, 5) is 16.5. The van der Waals surface area contributed by atoms with Crippen molar-refractivity contribution in [3.63, 3.8) is 0 Å². The van der Waals surface area contributed by atoms with E-state index in [1.165, 1.54) is 16.7 Å². The van der Waals surface area contributed by atoms with E-state index in [1.54, 1.807) is 6.07 Å². The van der Waals surface area contributed by atoms with Crippen molar-refractivity contribution < 1.29 is 0 Å². The lowest BCUT2D eigenvalue weighted by atomic mass is 10.1.